The van der Waals surface area contributed by atoms with Crippen molar-refractivity contribution < 1.29 is 0 Å². The fourth-order valence-corrected chi connectivity index (χ4v) is 3.41. The van der Waals surface area contributed by atoms with Crippen LogP contribution in [0.15, 0.2) is 5.38 Å². The van der Waals surface area contributed by atoms with Crippen LogP contribution in [0, 0.1) is 0 Å². The lowest BCUT2D eigenvalue weighted by atomic mass is 10.2. The van der Waals surface area contributed by atoms with Crippen LogP contribution >= 0.6 is 22.9 Å². The summed E-state index contributed by atoms with van der Waals surface area (Å²) in [6.07, 6.45) is 1.26. The molecule has 0 N–H and O–H groups in total. The molecule has 0 amide bonds. The first-order valence-electron chi connectivity index (χ1n) is 6.02. The molecular weight excluding hydrogens is 254 g/mol. The molecule has 0 aromatic carbocycles. The van der Waals surface area contributed by atoms with Crippen molar-refractivity contribution >= 4 is 22.9 Å². The number of alkyl halides is 1. The molecule has 0 aliphatic carbocycles. The average molecular weight is 274 g/mol. The third kappa shape index (κ3) is 2.99. The van der Waals surface area contributed by atoms with Crippen LogP contribution in [0.1, 0.15) is 30.1 Å². The summed E-state index contributed by atoms with van der Waals surface area (Å²) >= 11 is 7.52. The van der Waals surface area contributed by atoms with Crippen LogP contribution < -0.4 is 0 Å². The van der Waals surface area contributed by atoms with Crippen LogP contribution in [-0.2, 0) is 5.88 Å². The van der Waals surface area contributed by atoms with E-state index < -0.39 is 0 Å². The van der Waals surface area contributed by atoms with E-state index in [2.05, 4.69) is 41.2 Å². The molecule has 0 bridgehead atoms. The highest BCUT2D eigenvalue weighted by atomic mass is 35.5. The lowest BCUT2D eigenvalue weighted by molar-refractivity contribution is 0.228. The van der Waals surface area contributed by atoms with Gasteiger partial charge in [0.25, 0.3) is 0 Å². The van der Waals surface area contributed by atoms with E-state index in [4.69, 9.17) is 11.6 Å². The Balaban J connectivity index is 1.99. The molecule has 0 saturated carbocycles. The third-order valence-electron chi connectivity index (χ3n) is 3.54. The van der Waals surface area contributed by atoms with Gasteiger partial charge in [-0.25, -0.2) is 4.98 Å². The fourth-order valence-electron chi connectivity index (χ4n) is 2.27. The van der Waals surface area contributed by atoms with Gasteiger partial charge in [0.1, 0.15) is 5.01 Å². The molecule has 1 aromatic heterocycles. The van der Waals surface area contributed by atoms with Gasteiger partial charge in [-0.3, -0.25) is 4.90 Å². The first-order chi connectivity index (χ1) is 8.11. The minimum absolute atomic E-state index is 0.418. The summed E-state index contributed by atoms with van der Waals surface area (Å²) in [4.78, 5) is 9.41. The number of hydrogen-bond donors (Lipinski definition) is 0. The molecule has 0 spiro atoms. The molecule has 1 aromatic rings. The summed E-state index contributed by atoms with van der Waals surface area (Å²) in [7, 11) is 4.32. The lowest BCUT2D eigenvalue weighted by Gasteiger charge is -2.24. The van der Waals surface area contributed by atoms with Gasteiger partial charge in [-0.05, 0) is 27.4 Å². The predicted molar refractivity (Wildman–Crippen MR) is 73.8 cm³/mol. The molecule has 2 atom stereocenters. The first-order valence-corrected chi connectivity index (χ1v) is 7.44. The van der Waals surface area contributed by atoms with Crippen LogP contribution in [-0.4, -0.2) is 48.0 Å². The largest absolute Gasteiger partial charge is 0.305 e. The van der Waals surface area contributed by atoms with Crippen LogP contribution in [0.3, 0.4) is 0 Å². The summed E-state index contributed by atoms with van der Waals surface area (Å²) in [5.41, 5.74) is 1.00. The van der Waals surface area contributed by atoms with Crippen molar-refractivity contribution in [2.24, 2.45) is 0 Å². The molecule has 2 heterocycles. The number of rotatable bonds is 4. The van der Waals surface area contributed by atoms with E-state index in [1.807, 2.05) is 0 Å². The molecule has 5 heteroatoms. The second-order valence-corrected chi connectivity index (χ2v) is 6.04. The van der Waals surface area contributed by atoms with Gasteiger partial charge in [0.05, 0.1) is 17.6 Å². The number of nitrogens with zero attached hydrogens (tertiary/aromatic N) is 3. The summed E-state index contributed by atoms with van der Waals surface area (Å²) < 4.78 is 0. The summed E-state index contributed by atoms with van der Waals surface area (Å²) in [6, 6.07) is 1.10. The van der Waals surface area contributed by atoms with Gasteiger partial charge >= 0.3 is 0 Å². The zero-order valence-electron chi connectivity index (χ0n) is 10.7. The Morgan fingerprint density at radius 3 is 2.94 bits per heavy atom. The third-order valence-corrected chi connectivity index (χ3v) is 4.87. The van der Waals surface area contributed by atoms with Crippen molar-refractivity contribution in [2.75, 3.05) is 27.2 Å². The number of halogens is 1. The van der Waals surface area contributed by atoms with Crippen LogP contribution in [0.25, 0.3) is 0 Å². The normalized spacial score (nSPS) is 23.5. The van der Waals surface area contributed by atoms with E-state index in [9.17, 15) is 0 Å². The Bertz CT molecular complexity index is 366. The van der Waals surface area contributed by atoms with E-state index in [-0.39, 0.29) is 0 Å². The molecule has 1 saturated heterocycles. The Morgan fingerprint density at radius 2 is 2.41 bits per heavy atom. The Kier molecular flexibility index (Phi) is 4.42. The second-order valence-electron chi connectivity index (χ2n) is 4.89. The van der Waals surface area contributed by atoms with Gasteiger partial charge in [-0.15, -0.1) is 22.9 Å². The number of thiazole rings is 1. The van der Waals surface area contributed by atoms with Gasteiger partial charge in [-0.1, -0.05) is 0 Å². The molecule has 3 nitrogen and oxygen atoms in total. The Labute approximate surface area is 112 Å². The quantitative estimate of drug-likeness (QED) is 0.786. The predicted octanol–water partition coefficient (Wildman–Crippen LogP) is 2.58. The fraction of sp³-hybridized carbons (Fsp3) is 0.750. The van der Waals surface area contributed by atoms with Crippen LogP contribution in [0.5, 0.6) is 0 Å². The van der Waals surface area contributed by atoms with Crippen molar-refractivity contribution in [3.8, 4) is 0 Å². The number of likely N-dealkylation sites (tertiary alicyclic amines) is 1. The van der Waals surface area contributed by atoms with E-state index in [1.54, 1.807) is 11.3 Å². The molecule has 1 fully saturated rings. The summed E-state index contributed by atoms with van der Waals surface area (Å²) in [6.45, 7) is 4.55. The molecule has 96 valence electrons. The molecule has 2 unspecified atom stereocenters. The second kappa shape index (κ2) is 5.65. The topological polar surface area (TPSA) is 19.4 Å². The maximum Gasteiger partial charge on any atom is 0.110 e. The molecule has 1 aliphatic rings. The maximum absolute atomic E-state index is 5.79. The van der Waals surface area contributed by atoms with Crippen molar-refractivity contribution in [1.29, 1.82) is 0 Å². The standard InChI is InChI=1S/C12H20ClN3S/c1-9(12-14-10(6-13)8-17-12)16-5-4-11(7-16)15(2)3/h8-9,11H,4-7H2,1-3H3. The molecular formula is C12H20ClN3S. The zero-order chi connectivity index (χ0) is 12.4. The molecule has 0 radical (unpaired) electrons. The Morgan fingerprint density at radius 1 is 1.65 bits per heavy atom. The van der Waals surface area contributed by atoms with E-state index in [0.717, 1.165) is 12.2 Å². The van der Waals surface area contributed by atoms with Gasteiger partial charge in [-0.2, -0.15) is 0 Å². The van der Waals surface area contributed by atoms with E-state index >= 15 is 0 Å². The van der Waals surface area contributed by atoms with E-state index in [1.165, 1.54) is 18.0 Å². The van der Waals surface area contributed by atoms with Gasteiger partial charge < -0.3 is 4.90 Å². The Hall–Kier alpha value is -0.160. The monoisotopic (exact) mass is 273 g/mol. The summed E-state index contributed by atoms with van der Waals surface area (Å²) in [5, 5.41) is 3.26. The minimum atomic E-state index is 0.418. The highest BCUT2D eigenvalue weighted by molar-refractivity contribution is 7.09. The number of likely N-dealkylation sites (N-methyl/N-ethyl adjacent to an activating group) is 1. The minimum Gasteiger partial charge on any atom is -0.305 e. The molecule has 1 aliphatic heterocycles. The first kappa shape index (κ1) is 13.3. The van der Waals surface area contributed by atoms with Gasteiger partial charge in [0.2, 0.25) is 0 Å². The van der Waals surface area contributed by atoms with Crippen LogP contribution in [0.4, 0.5) is 0 Å². The van der Waals surface area contributed by atoms with Gasteiger partial charge in [0, 0.05) is 24.5 Å². The smallest absolute Gasteiger partial charge is 0.110 e. The highest BCUT2D eigenvalue weighted by Crippen LogP contribution is 2.28. The SMILES string of the molecule is CC(c1nc(CCl)cs1)N1CCC(N(C)C)C1. The average Bonchev–Trinajstić information content (AvgIpc) is 2.97. The van der Waals surface area contributed by atoms with Crippen molar-refractivity contribution in [1.82, 2.24) is 14.8 Å². The van der Waals surface area contributed by atoms with Crippen molar-refractivity contribution in [3.63, 3.8) is 0 Å². The van der Waals surface area contributed by atoms with Crippen molar-refractivity contribution in [3.05, 3.63) is 16.1 Å². The zero-order valence-corrected chi connectivity index (χ0v) is 12.3. The number of aromatic nitrogens is 1. The van der Waals surface area contributed by atoms with Crippen molar-refractivity contribution in [2.45, 2.75) is 31.3 Å². The molecule has 2 rings (SSSR count). The summed E-state index contributed by atoms with van der Waals surface area (Å²) in [5.74, 6) is 0.517. The lowest BCUT2D eigenvalue weighted by Crippen LogP contribution is -2.32. The molecule has 17 heavy (non-hydrogen) atoms. The van der Waals surface area contributed by atoms with E-state index in [0.29, 0.717) is 18.0 Å². The highest BCUT2D eigenvalue weighted by Gasteiger charge is 2.28. The van der Waals surface area contributed by atoms with Crippen LogP contribution in [0.2, 0.25) is 0 Å². The van der Waals surface area contributed by atoms with Gasteiger partial charge in [0.15, 0.2) is 0 Å². The number of hydrogen-bond acceptors (Lipinski definition) is 4. The maximum atomic E-state index is 5.79.